The van der Waals surface area contributed by atoms with Crippen LogP contribution in [0, 0.1) is 0 Å². The lowest BCUT2D eigenvalue weighted by atomic mass is 10.3. The molecule has 7 heteroatoms. The first kappa shape index (κ1) is 15.1. The molecule has 0 saturated heterocycles. The molecule has 0 aliphatic carbocycles. The van der Waals surface area contributed by atoms with Crippen LogP contribution in [0.15, 0.2) is 9.90 Å². The summed E-state index contributed by atoms with van der Waals surface area (Å²) in [6, 6.07) is 0. The summed E-state index contributed by atoms with van der Waals surface area (Å²) in [5, 5.41) is 6.96. The second-order valence-corrected chi connectivity index (χ2v) is 5.40. The summed E-state index contributed by atoms with van der Waals surface area (Å²) >= 11 is 1.58. The van der Waals surface area contributed by atoms with E-state index < -0.39 is 0 Å². The molecule has 0 aliphatic heterocycles. The van der Waals surface area contributed by atoms with E-state index in [1.807, 2.05) is 5.38 Å². The predicted octanol–water partition coefficient (Wildman–Crippen LogP) is 1.58. The Morgan fingerprint density at radius 1 is 1.25 bits per heavy atom. The van der Waals surface area contributed by atoms with Gasteiger partial charge in [0.15, 0.2) is 5.82 Å². The lowest BCUT2D eigenvalue weighted by Gasteiger charge is -2.16. The van der Waals surface area contributed by atoms with Crippen molar-refractivity contribution < 1.29 is 4.52 Å². The van der Waals surface area contributed by atoms with Gasteiger partial charge in [0, 0.05) is 24.8 Å². The fourth-order valence-corrected chi connectivity index (χ4v) is 2.69. The topological polar surface area (TPSA) is 81.1 Å². The maximum Gasteiger partial charge on any atom is 0.277 e. The van der Waals surface area contributed by atoms with Gasteiger partial charge in [-0.2, -0.15) is 4.98 Å². The Labute approximate surface area is 123 Å². The zero-order valence-electron chi connectivity index (χ0n) is 12.0. The van der Waals surface area contributed by atoms with E-state index in [4.69, 9.17) is 10.3 Å². The van der Waals surface area contributed by atoms with Crippen LogP contribution in [0.1, 0.15) is 24.7 Å². The monoisotopic (exact) mass is 295 g/mol. The molecule has 2 N–H and O–H groups in total. The minimum Gasteiger partial charge on any atom is -0.332 e. The standard InChI is InChI=1S/C13H21N5OS/c1-3-18(4-2)8-6-11-16-13(19-17-11)10-9-20-12(15-10)5-7-14/h9H,3-8,14H2,1-2H3. The average Bonchev–Trinajstić information content (AvgIpc) is 3.09. The van der Waals surface area contributed by atoms with E-state index in [-0.39, 0.29) is 0 Å². The summed E-state index contributed by atoms with van der Waals surface area (Å²) in [5.41, 5.74) is 6.27. The molecule has 6 nitrogen and oxygen atoms in total. The first-order valence-corrected chi connectivity index (χ1v) is 7.84. The van der Waals surface area contributed by atoms with Crippen molar-refractivity contribution >= 4 is 11.3 Å². The van der Waals surface area contributed by atoms with Gasteiger partial charge < -0.3 is 15.2 Å². The highest BCUT2D eigenvalue weighted by atomic mass is 32.1. The van der Waals surface area contributed by atoms with Crippen molar-refractivity contribution in [1.82, 2.24) is 20.0 Å². The molecule has 2 aromatic heterocycles. The van der Waals surface area contributed by atoms with Crippen LogP contribution < -0.4 is 5.73 Å². The highest BCUT2D eigenvalue weighted by Crippen LogP contribution is 2.20. The van der Waals surface area contributed by atoms with Crippen molar-refractivity contribution in [2.45, 2.75) is 26.7 Å². The Balaban J connectivity index is 1.97. The van der Waals surface area contributed by atoms with Gasteiger partial charge in [0.05, 0.1) is 5.01 Å². The molecule has 110 valence electrons. The molecule has 0 aromatic carbocycles. The van der Waals surface area contributed by atoms with E-state index in [0.717, 1.165) is 49.0 Å². The normalized spacial score (nSPS) is 11.4. The first-order chi connectivity index (χ1) is 9.76. The van der Waals surface area contributed by atoms with Crippen LogP contribution in [0.4, 0.5) is 0 Å². The third kappa shape index (κ3) is 3.84. The van der Waals surface area contributed by atoms with E-state index in [2.05, 4.69) is 33.9 Å². The van der Waals surface area contributed by atoms with Gasteiger partial charge in [0.1, 0.15) is 5.69 Å². The van der Waals surface area contributed by atoms with Gasteiger partial charge in [-0.25, -0.2) is 4.98 Å². The van der Waals surface area contributed by atoms with Crippen molar-refractivity contribution in [2.75, 3.05) is 26.2 Å². The second kappa shape index (κ2) is 7.47. The molecule has 2 rings (SSSR count). The minimum atomic E-state index is 0.499. The quantitative estimate of drug-likeness (QED) is 0.796. The van der Waals surface area contributed by atoms with Crippen LogP contribution in [-0.4, -0.2) is 46.2 Å². The highest BCUT2D eigenvalue weighted by molar-refractivity contribution is 7.09. The lowest BCUT2D eigenvalue weighted by Crippen LogP contribution is -2.25. The highest BCUT2D eigenvalue weighted by Gasteiger charge is 2.13. The van der Waals surface area contributed by atoms with Gasteiger partial charge in [-0.3, -0.25) is 0 Å². The summed E-state index contributed by atoms with van der Waals surface area (Å²) in [6.45, 7) is 7.93. The Morgan fingerprint density at radius 3 is 2.75 bits per heavy atom. The number of nitrogens with two attached hydrogens (primary N) is 1. The molecule has 2 aromatic rings. The number of thiazole rings is 1. The molecule has 0 saturated carbocycles. The number of rotatable bonds is 8. The maximum atomic E-state index is 5.52. The largest absolute Gasteiger partial charge is 0.332 e. The fraction of sp³-hybridized carbons (Fsp3) is 0.615. The van der Waals surface area contributed by atoms with Crippen LogP contribution in [0.25, 0.3) is 11.6 Å². The number of aromatic nitrogens is 3. The summed E-state index contributed by atoms with van der Waals surface area (Å²) in [5.74, 6) is 1.24. The number of hydrogen-bond acceptors (Lipinski definition) is 7. The average molecular weight is 295 g/mol. The number of likely N-dealkylation sites (N-methyl/N-ethyl adjacent to an activating group) is 1. The minimum absolute atomic E-state index is 0.499. The third-order valence-corrected chi connectivity index (χ3v) is 4.05. The smallest absolute Gasteiger partial charge is 0.277 e. The molecule has 0 aliphatic rings. The zero-order valence-corrected chi connectivity index (χ0v) is 12.8. The molecule has 2 heterocycles. The van der Waals surface area contributed by atoms with Crippen LogP contribution in [0.3, 0.4) is 0 Å². The van der Waals surface area contributed by atoms with Crippen LogP contribution in [0.5, 0.6) is 0 Å². The number of hydrogen-bond donors (Lipinski definition) is 1. The second-order valence-electron chi connectivity index (χ2n) is 4.46. The van der Waals surface area contributed by atoms with Crippen LogP contribution in [-0.2, 0) is 12.8 Å². The lowest BCUT2D eigenvalue weighted by molar-refractivity contribution is 0.303. The van der Waals surface area contributed by atoms with Crippen molar-refractivity contribution in [2.24, 2.45) is 5.73 Å². The van der Waals surface area contributed by atoms with Crippen LogP contribution >= 0.6 is 11.3 Å². The van der Waals surface area contributed by atoms with Gasteiger partial charge >= 0.3 is 0 Å². The van der Waals surface area contributed by atoms with Crippen molar-refractivity contribution in [3.63, 3.8) is 0 Å². The van der Waals surface area contributed by atoms with Gasteiger partial charge in [0.25, 0.3) is 5.89 Å². The van der Waals surface area contributed by atoms with Crippen LogP contribution in [0.2, 0.25) is 0 Å². The van der Waals surface area contributed by atoms with Gasteiger partial charge in [0.2, 0.25) is 0 Å². The van der Waals surface area contributed by atoms with Gasteiger partial charge in [-0.15, -0.1) is 11.3 Å². The maximum absolute atomic E-state index is 5.52. The molecule has 0 atom stereocenters. The first-order valence-electron chi connectivity index (χ1n) is 6.96. The van der Waals surface area contributed by atoms with Crippen molar-refractivity contribution in [1.29, 1.82) is 0 Å². The van der Waals surface area contributed by atoms with E-state index in [9.17, 15) is 0 Å². The molecular formula is C13H21N5OS. The summed E-state index contributed by atoms with van der Waals surface area (Å²) in [7, 11) is 0. The van der Waals surface area contributed by atoms with Gasteiger partial charge in [-0.05, 0) is 19.6 Å². The fourth-order valence-electron chi connectivity index (χ4n) is 1.90. The Morgan fingerprint density at radius 2 is 2.05 bits per heavy atom. The molecule has 0 amide bonds. The summed E-state index contributed by atoms with van der Waals surface area (Å²) < 4.78 is 5.28. The Kier molecular flexibility index (Phi) is 5.63. The van der Waals surface area contributed by atoms with E-state index in [1.54, 1.807) is 11.3 Å². The van der Waals surface area contributed by atoms with Crippen molar-refractivity contribution in [3.8, 4) is 11.6 Å². The molecule has 20 heavy (non-hydrogen) atoms. The third-order valence-electron chi connectivity index (χ3n) is 3.14. The Hall–Kier alpha value is -1.31. The summed E-state index contributed by atoms with van der Waals surface area (Å²) in [6.07, 6.45) is 1.58. The van der Waals surface area contributed by atoms with E-state index in [0.29, 0.717) is 12.4 Å². The number of nitrogens with zero attached hydrogens (tertiary/aromatic N) is 4. The molecule has 0 bridgehead atoms. The molecule has 0 unspecified atom stereocenters. The zero-order chi connectivity index (χ0) is 14.4. The van der Waals surface area contributed by atoms with E-state index in [1.165, 1.54) is 0 Å². The van der Waals surface area contributed by atoms with E-state index >= 15 is 0 Å². The predicted molar refractivity (Wildman–Crippen MR) is 79.7 cm³/mol. The molecule has 0 fully saturated rings. The molecule has 0 spiro atoms. The molecular weight excluding hydrogens is 274 g/mol. The molecule has 0 radical (unpaired) electrons. The summed E-state index contributed by atoms with van der Waals surface area (Å²) in [4.78, 5) is 11.2. The SMILES string of the molecule is CCN(CC)CCc1noc(-c2csc(CCN)n2)n1. The van der Waals surface area contributed by atoms with Crippen molar-refractivity contribution in [3.05, 3.63) is 16.2 Å². The van der Waals surface area contributed by atoms with Gasteiger partial charge in [-0.1, -0.05) is 19.0 Å². The Bertz CT molecular complexity index is 520.